The molecule has 1 amide bonds. The number of phenols is 1. The molecule has 98 valence electrons. The normalized spacial score (nSPS) is 11.9. The number of phenolic OH excluding ortho intramolecular Hbond substituents is 1. The Morgan fingerprint density at radius 2 is 1.89 bits per heavy atom. The number of halogens is 1. The van der Waals surface area contributed by atoms with Crippen LogP contribution in [0.2, 0.25) is 5.02 Å². The molecule has 5 heteroatoms. The van der Waals surface area contributed by atoms with E-state index in [2.05, 4.69) is 5.32 Å². The molecule has 1 atom stereocenters. The Kier molecular flexibility index (Phi) is 4.04. The van der Waals surface area contributed by atoms with E-state index in [1.54, 1.807) is 18.2 Å². The molecule has 2 rings (SSSR count). The third kappa shape index (κ3) is 3.24. The molecule has 0 aromatic heterocycles. The zero-order chi connectivity index (χ0) is 13.8. The van der Waals surface area contributed by atoms with Crippen molar-refractivity contribution in [3.8, 4) is 5.75 Å². The smallest absolute Gasteiger partial charge is 0.245 e. The first-order valence-corrected chi connectivity index (χ1v) is 6.05. The highest BCUT2D eigenvalue weighted by Crippen LogP contribution is 2.26. The van der Waals surface area contributed by atoms with E-state index in [1.807, 2.05) is 18.2 Å². The van der Waals surface area contributed by atoms with Crippen LogP contribution in [-0.2, 0) is 4.79 Å². The summed E-state index contributed by atoms with van der Waals surface area (Å²) >= 11 is 5.76. The fourth-order valence-corrected chi connectivity index (χ4v) is 1.80. The molecule has 4 nitrogen and oxygen atoms in total. The molecular weight excluding hydrogens is 264 g/mol. The number of aromatic hydroxyl groups is 1. The van der Waals surface area contributed by atoms with Gasteiger partial charge in [0.1, 0.15) is 11.8 Å². The van der Waals surface area contributed by atoms with Gasteiger partial charge in [-0.25, -0.2) is 0 Å². The van der Waals surface area contributed by atoms with Crippen LogP contribution in [0.15, 0.2) is 48.5 Å². The van der Waals surface area contributed by atoms with Gasteiger partial charge in [0.25, 0.3) is 0 Å². The van der Waals surface area contributed by atoms with E-state index in [-0.39, 0.29) is 16.7 Å². The van der Waals surface area contributed by atoms with Gasteiger partial charge in [-0.3, -0.25) is 4.79 Å². The molecule has 4 N–H and O–H groups in total. The van der Waals surface area contributed by atoms with Crippen molar-refractivity contribution in [1.29, 1.82) is 0 Å². The lowest BCUT2D eigenvalue weighted by molar-refractivity contribution is -0.117. The maximum absolute atomic E-state index is 12.0. The van der Waals surface area contributed by atoms with Crippen LogP contribution in [-0.4, -0.2) is 11.0 Å². The van der Waals surface area contributed by atoms with Crippen molar-refractivity contribution in [1.82, 2.24) is 0 Å². The maximum Gasteiger partial charge on any atom is 0.245 e. The van der Waals surface area contributed by atoms with Crippen molar-refractivity contribution >= 4 is 23.2 Å². The molecule has 0 saturated carbocycles. The average molecular weight is 277 g/mol. The Hall–Kier alpha value is -2.04. The van der Waals surface area contributed by atoms with Crippen molar-refractivity contribution < 1.29 is 9.90 Å². The predicted octanol–water partition coefficient (Wildman–Crippen LogP) is 2.68. The quantitative estimate of drug-likeness (QED) is 0.755. The summed E-state index contributed by atoms with van der Waals surface area (Å²) < 4.78 is 0. The van der Waals surface area contributed by atoms with E-state index >= 15 is 0 Å². The van der Waals surface area contributed by atoms with Crippen LogP contribution < -0.4 is 11.1 Å². The van der Waals surface area contributed by atoms with E-state index in [9.17, 15) is 9.90 Å². The molecule has 2 aromatic rings. The summed E-state index contributed by atoms with van der Waals surface area (Å²) in [6.45, 7) is 0. The molecule has 0 radical (unpaired) electrons. The number of nitrogens with one attached hydrogen (secondary N) is 1. The second-order valence-corrected chi connectivity index (χ2v) is 4.45. The van der Waals surface area contributed by atoms with E-state index in [0.29, 0.717) is 5.69 Å². The Labute approximate surface area is 115 Å². The van der Waals surface area contributed by atoms with Gasteiger partial charge in [0, 0.05) is 5.69 Å². The van der Waals surface area contributed by atoms with Gasteiger partial charge < -0.3 is 16.2 Å². The lowest BCUT2D eigenvalue weighted by Crippen LogP contribution is -2.27. The van der Waals surface area contributed by atoms with Crippen LogP contribution in [0, 0.1) is 0 Å². The fraction of sp³-hybridized carbons (Fsp3) is 0.0714. The molecule has 2 aromatic carbocycles. The molecule has 1 unspecified atom stereocenters. The van der Waals surface area contributed by atoms with Crippen LogP contribution in [0.25, 0.3) is 0 Å². The van der Waals surface area contributed by atoms with E-state index in [4.69, 9.17) is 17.3 Å². The average Bonchev–Trinajstić information content (AvgIpc) is 2.43. The van der Waals surface area contributed by atoms with Crippen molar-refractivity contribution in [2.24, 2.45) is 5.73 Å². The van der Waals surface area contributed by atoms with E-state index in [0.717, 1.165) is 5.56 Å². The predicted molar refractivity (Wildman–Crippen MR) is 75.1 cm³/mol. The fourth-order valence-electron chi connectivity index (χ4n) is 1.62. The van der Waals surface area contributed by atoms with Gasteiger partial charge in [0.05, 0.1) is 5.02 Å². The van der Waals surface area contributed by atoms with Crippen LogP contribution in [0.5, 0.6) is 5.75 Å². The molecule has 0 spiro atoms. The molecule has 0 heterocycles. The highest BCUT2D eigenvalue weighted by Gasteiger charge is 2.15. The number of hydrogen-bond donors (Lipinski definition) is 3. The molecule has 0 saturated heterocycles. The Morgan fingerprint density at radius 1 is 1.21 bits per heavy atom. The number of benzene rings is 2. The van der Waals surface area contributed by atoms with Crippen LogP contribution in [0.4, 0.5) is 5.69 Å². The van der Waals surface area contributed by atoms with Gasteiger partial charge >= 0.3 is 0 Å². The van der Waals surface area contributed by atoms with Crippen molar-refractivity contribution in [2.75, 3.05) is 5.32 Å². The first kappa shape index (κ1) is 13.4. The Balaban J connectivity index is 2.10. The molecule has 0 aliphatic rings. The summed E-state index contributed by atoms with van der Waals surface area (Å²) in [5, 5.41) is 12.1. The number of rotatable bonds is 3. The summed E-state index contributed by atoms with van der Waals surface area (Å²) in [6, 6.07) is 12.7. The van der Waals surface area contributed by atoms with Crippen LogP contribution in [0.3, 0.4) is 0 Å². The van der Waals surface area contributed by atoms with Crippen molar-refractivity contribution in [3.05, 3.63) is 59.1 Å². The SMILES string of the molecule is NC(C(=O)Nc1ccc(O)c(Cl)c1)c1ccccc1. The lowest BCUT2D eigenvalue weighted by atomic mass is 10.1. The second kappa shape index (κ2) is 5.73. The van der Waals surface area contributed by atoms with Crippen molar-refractivity contribution in [2.45, 2.75) is 6.04 Å². The maximum atomic E-state index is 12.0. The van der Waals surface area contributed by atoms with Gasteiger partial charge in [0.15, 0.2) is 0 Å². The molecule has 0 bridgehead atoms. The number of carbonyl (C=O) groups is 1. The molecular formula is C14H13ClN2O2. The number of carbonyl (C=O) groups excluding carboxylic acids is 1. The van der Waals surface area contributed by atoms with Gasteiger partial charge in [-0.1, -0.05) is 41.9 Å². The lowest BCUT2D eigenvalue weighted by Gasteiger charge is -2.12. The summed E-state index contributed by atoms with van der Waals surface area (Å²) in [5.74, 6) is -0.375. The molecule has 19 heavy (non-hydrogen) atoms. The van der Waals surface area contributed by atoms with Gasteiger partial charge in [-0.2, -0.15) is 0 Å². The Morgan fingerprint density at radius 3 is 2.53 bits per heavy atom. The molecule has 0 aliphatic heterocycles. The first-order valence-electron chi connectivity index (χ1n) is 5.68. The number of amides is 1. The molecule has 0 fully saturated rings. The minimum absolute atomic E-state index is 0.0352. The Bertz CT molecular complexity index is 587. The third-order valence-corrected chi connectivity index (χ3v) is 2.96. The van der Waals surface area contributed by atoms with E-state index in [1.165, 1.54) is 12.1 Å². The zero-order valence-corrected chi connectivity index (χ0v) is 10.8. The number of nitrogens with two attached hydrogens (primary N) is 1. The summed E-state index contributed by atoms with van der Waals surface area (Å²) in [7, 11) is 0. The largest absolute Gasteiger partial charge is 0.506 e. The summed E-state index contributed by atoms with van der Waals surface area (Å²) in [6.07, 6.45) is 0. The van der Waals surface area contributed by atoms with Crippen molar-refractivity contribution in [3.63, 3.8) is 0 Å². The zero-order valence-electron chi connectivity index (χ0n) is 10.0. The summed E-state index contributed by atoms with van der Waals surface area (Å²) in [5.41, 5.74) is 7.07. The van der Waals surface area contributed by atoms with Gasteiger partial charge in [-0.15, -0.1) is 0 Å². The minimum atomic E-state index is -0.756. The van der Waals surface area contributed by atoms with E-state index < -0.39 is 6.04 Å². The van der Waals surface area contributed by atoms with Crippen LogP contribution >= 0.6 is 11.6 Å². The monoisotopic (exact) mass is 276 g/mol. The van der Waals surface area contributed by atoms with Gasteiger partial charge in [0.2, 0.25) is 5.91 Å². The van der Waals surface area contributed by atoms with Gasteiger partial charge in [-0.05, 0) is 23.8 Å². The third-order valence-electron chi connectivity index (χ3n) is 2.66. The minimum Gasteiger partial charge on any atom is -0.506 e. The standard InChI is InChI=1S/C14H13ClN2O2/c15-11-8-10(6-7-12(11)18)17-14(19)13(16)9-4-2-1-3-5-9/h1-8,13,18H,16H2,(H,17,19). The van der Waals surface area contributed by atoms with Crippen LogP contribution in [0.1, 0.15) is 11.6 Å². The highest BCUT2D eigenvalue weighted by atomic mass is 35.5. The number of hydrogen-bond acceptors (Lipinski definition) is 3. The topological polar surface area (TPSA) is 75.4 Å². The first-order chi connectivity index (χ1) is 9.08. The number of anilines is 1. The highest BCUT2D eigenvalue weighted by molar-refractivity contribution is 6.32. The summed E-state index contributed by atoms with van der Waals surface area (Å²) in [4.78, 5) is 12.0. The second-order valence-electron chi connectivity index (χ2n) is 4.04. The molecule has 0 aliphatic carbocycles.